The molecule has 2 rings (SSSR count). The minimum absolute atomic E-state index is 0.160. The van der Waals surface area contributed by atoms with E-state index >= 15 is 0 Å². The topological polar surface area (TPSA) is 9.23 Å². The maximum atomic E-state index is 5.93. The Bertz CT molecular complexity index is 598. The zero-order valence-electron chi connectivity index (χ0n) is 13.4. The maximum Gasteiger partial charge on any atom is 0.120 e. The molecule has 0 aliphatic heterocycles. The standard InChI is InChI=1S/C19H24O/c1-13-8-7-9-14(2)18(13)17-11-10-16(12-15(17)3)20-19(4,5)6/h7-12H,1-6H3. The monoisotopic (exact) mass is 268 g/mol. The lowest BCUT2D eigenvalue weighted by Gasteiger charge is -2.22. The molecule has 0 bridgehead atoms. The molecule has 0 amide bonds. The summed E-state index contributed by atoms with van der Waals surface area (Å²) in [5.74, 6) is 0.935. The molecular weight excluding hydrogens is 244 g/mol. The van der Waals surface area contributed by atoms with E-state index in [1.54, 1.807) is 0 Å². The van der Waals surface area contributed by atoms with Gasteiger partial charge in [-0.1, -0.05) is 24.3 Å². The van der Waals surface area contributed by atoms with Crippen LogP contribution in [0.15, 0.2) is 36.4 Å². The predicted molar refractivity (Wildman–Crippen MR) is 86.5 cm³/mol. The smallest absolute Gasteiger partial charge is 0.120 e. The molecule has 0 spiro atoms. The van der Waals surface area contributed by atoms with Gasteiger partial charge in [0.05, 0.1) is 0 Å². The molecule has 0 N–H and O–H groups in total. The number of rotatable bonds is 2. The summed E-state index contributed by atoms with van der Waals surface area (Å²) >= 11 is 0. The van der Waals surface area contributed by atoms with Crippen molar-refractivity contribution in [3.05, 3.63) is 53.1 Å². The average molecular weight is 268 g/mol. The molecule has 2 aromatic rings. The minimum Gasteiger partial charge on any atom is -0.488 e. The number of hydrogen-bond acceptors (Lipinski definition) is 1. The van der Waals surface area contributed by atoms with Crippen molar-refractivity contribution in [2.45, 2.75) is 47.1 Å². The van der Waals surface area contributed by atoms with Gasteiger partial charge in [-0.05, 0) is 81.5 Å². The quantitative estimate of drug-likeness (QED) is 0.703. The molecule has 0 radical (unpaired) electrons. The van der Waals surface area contributed by atoms with E-state index in [4.69, 9.17) is 4.74 Å². The van der Waals surface area contributed by atoms with Crippen molar-refractivity contribution in [3.8, 4) is 16.9 Å². The third-order valence-corrected chi connectivity index (χ3v) is 3.37. The fourth-order valence-electron chi connectivity index (χ4n) is 2.57. The first-order valence-corrected chi connectivity index (χ1v) is 7.14. The first-order chi connectivity index (χ1) is 9.28. The van der Waals surface area contributed by atoms with Crippen molar-refractivity contribution in [2.24, 2.45) is 0 Å². The van der Waals surface area contributed by atoms with Crippen LogP contribution in [0.4, 0.5) is 0 Å². The molecule has 0 heterocycles. The molecule has 0 aliphatic carbocycles. The molecule has 2 aromatic carbocycles. The summed E-state index contributed by atoms with van der Waals surface area (Å²) in [5, 5.41) is 0. The molecule has 0 saturated carbocycles. The third-order valence-electron chi connectivity index (χ3n) is 3.37. The first kappa shape index (κ1) is 14.6. The van der Waals surface area contributed by atoms with Gasteiger partial charge in [0, 0.05) is 0 Å². The van der Waals surface area contributed by atoms with E-state index in [0.29, 0.717) is 0 Å². The Labute approximate surface area is 122 Å². The van der Waals surface area contributed by atoms with Crippen LogP contribution in [-0.2, 0) is 0 Å². The summed E-state index contributed by atoms with van der Waals surface area (Å²) in [7, 11) is 0. The van der Waals surface area contributed by atoms with E-state index in [2.05, 4.69) is 77.9 Å². The molecule has 0 saturated heterocycles. The Hall–Kier alpha value is -1.76. The van der Waals surface area contributed by atoms with Crippen LogP contribution >= 0.6 is 0 Å². The Kier molecular flexibility index (Phi) is 3.89. The lowest BCUT2D eigenvalue weighted by atomic mass is 9.93. The lowest BCUT2D eigenvalue weighted by Crippen LogP contribution is -2.22. The third kappa shape index (κ3) is 3.22. The highest BCUT2D eigenvalue weighted by atomic mass is 16.5. The summed E-state index contributed by atoms with van der Waals surface area (Å²) in [6.07, 6.45) is 0. The molecule has 0 aliphatic rings. The molecule has 0 atom stereocenters. The van der Waals surface area contributed by atoms with Crippen LogP contribution in [0.1, 0.15) is 37.5 Å². The summed E-state index contributed by atoms with van der Waals surface area (Å²) in [6, 6.07) is 12.8. The van der Waals surface area contributed by atoms with Crippen LogP contribution in [-0.4, -0.2) is 5.60 Å². The number of benzene rings is 2. The molecular formula is C19H24O. The fourth-order valence-corrected chi connectivity index (χ4v) is 2.57. The SMILES string of the molecule is Cc1cc(OC(C)(C)C)ccc1-c1c(C)cccc1C. The summed E-state index contributed by atoms with van der Waals surface area (Å²) in [4.78, 5) is 0. The lowest BCUT2D eigenvalue weighted by molar-refractivity contribution is 0.131. The minimum atomic E-state index is -0.160. The Morgan fingerprint density at radius 3 is 1.90 bits per heavy atom. The van der Waals surface area contributed by atoms with Crippen LogP contribution in [0, 0.1) is 20.8 Å². The van der Waals surface area contributed by atoms with Gasteiger partial charge in [-0.25, -0.2) is 0 Å². The van der Waals surface area contributed by atoms with Crippen molar-refractivity contribution in [3.63, 3.8) is 0 Å². The van der Waals surface area contributed by atoms with E-state index < -0.39 is 0 Å². The van der Waals surface area contributed by atoms with Crippen molar-refractivity contribution in [2.75, 3.05) is 0 Å². The van der Waals surface area contributed by atoms with E-state index in [0.717, 1.165) is 5.75 Å². The van der Waals surface area contributed by atoms with Gasteiger partial charge in [-0.3, -0.25) is 0 Å². The Morgan fingerprint density at radius 2 is 1.40 bits per heavy atom. The van der Waals surface area contributed by atoms with Crippen LogP contribution < -0.4 is 4.74 Å². The van der Waals surface area contributed by atoms with Gasteiger partial charge < -0.3 is 4.74 Å². The van der Waals surface area contributed by atoms with Crippen molar-refractivity contribution in [1.29, 1.82) is 0 Å². The normalized spacial score (nSPS) is 11.5. The number of aryl methyl sites for hydroxylation is 3. The molecule has 0 unspecified atom stereocenters. The van der Waals surface area contributed by atoms with Gasteiger partial charge in [-0.2, -0.15) is 0 Å². The zero-order chi connectivity index (χ0) is 14.9. The highest BCUT2D eigenvalue weighted by Crippen LogP contribution is 2.32. The van der Waals surface area contributed by atoms with Crippen molar-refractivity contribution < 1.29 is 4.74 Å². The van der Waals surface area contributed by atoms with Gasteiger partial charge in [-0.15, -0.1) is 0 Å². The second-order valence-corrected chi connectivity index (χ2v) is 6.46. The van der Waals surface area contributed by atoms with Crippen molar-refractivity contribution in [1.82, 2.24) is 0 Å². The Balaban J connectivity index is 2.45. The summed E-state index contributed by atoms with van der Waals surface area (Å²) < 4.78 is 5.93. The van der Waals surface area contributed by atoms with Crippen LogP contribution in [0.25, 0.3) is 11.1 Å². The Morgan fingerprint density at radius 1 is 0.800 bits per heavy atom. The van der Waals surface area contributed by atoms with E-state index in [9.17, 15) is 0 Å². The molecule has 1 nitrogen and oxygen atoms in total. The predicted octanol–water partition coefficient (Wildman–Crippen LogP) is 5.46. The van der Waals surface area contributed by atoms with E-state index in [-0.39, 0.29) is 5.60 Å². The van der Waals surface area contributed by atoms with Gasteiger partial charge in [0.15, 0.2) is 0 Å². The molecule has 0 fully saturated rings. The molecule has 20 heavy (non-hydrogen) atoms. The highest BCUT2D eigenvalue weighted by Gasteiger charge is 2.13. The first-order valence-electron chi connectivity index (χ1n) is 7.14. The van der Waals surface area contributed by atoms with Crippen LogP contribution in [0.3, 0.4) is 0 Å². The highest BCUT2D eigenvalue weighted by molar-refractivity contribution is 5.74. The number of hydrogen-bond donors (Lipinski definition) is 0. The van der Waals surface area contributed by atoms with Crippen LogP contribution in [0.5, 0.6) is 5.75 Å². The molecule has 0 aromatic heterocycles. The van der Waals surface area contributed by atoms with Gasteiger partial charge in [0.25, 0.3) is 0 Å². The molecule has 106 valence electrons. The van der Waals surface area contributed by atoms with Crippen molar-refractivity contribution >= 4 is 0 Å². The van der Waals surface area contributed by atoms with Crippen LogP contribution in [0.2, 0.25) is 0 Å². The largest absolute Gasteiger partial charge is 0.488 e. The zero-order valence-corrected chi connectivity index (χ0v) is 13.4. The number of ether oxygens (including phenoxy) is 1. The van der Waals surface area contributed by atoms with Gasteiger partial charge in [0.2, 0.25) is 0 Å². The summed E-state index contributed by atoms with van der Waals surface area (Å²) in [5.41, 5.74) is 6.36. The molecule has 1 heteroatoms. The second kappa shape index (κ2) is 5.32. The van der Waals surface area contributed by atoms with E-state index in [1.165, 1.54) is 27.8 Å². The van der Waals surface area contributed by atoms with E-state index in [1.807, 2.05) is 0 Å². The second-order valence-electron chi connectivity index (χ2n) is 6.46. The van der Waals surface area contributed by atoms with Gasteiger partial charge >= 0.3 is 0 Å². The van der Waals surface area contributed by atoms with Gasteiger partial charge in [0.1, 0.15) is 11.4 Å². The fraction of sp³-hybridized carbons (Fsp3) is 0.368. The average Bonchev–Trinajstić information content (AvgIpc) is 2.29. The summed E-state index contributed by atoms with van der Waals surface area (Å²) in [6.45, 7) is 12.7. The maximum absolute atomic E-state index is 5.93.